The average molecular weight is 331 g/mol. The highest BCUT2D eigenvalue weighted by atomic mass is 16.5. The van der Waals surface area contributed by atoms with Crippen molar-refractivity contribution >= 4 is 5.91 Å². The van der Waals surface area contributed by atoms with Gasteiger partial charge < -0.3 is 19.7 Å². The van der Waals surface area contributed by atoms with Gasteiger partial charge in [0.05, 0.1) is 26.3 Å². The van der Waals surface area contributed by atoms with Gasteiger partial charge in [0.15, 0.2) is 11.5 Å². The van der Waals surface area contributed by atoms with Crippen molar-refractivity contribution in [1.82, 2.24) is 10.2 Å². The smallest absolute Gasteiger partial charge is 0.240 e. The molecule has 8 heteroatoms. The van der Waals surface area contributed by atoms with E-state index in [1.807, 2.05) is 17.0 Å². The molecule has 0 saturated carbocycles. The van der Waals surface area contributed by atoms with Crippen LogP contribution in [-0.4, -0.2) is 50.2 Å². The second kappa shape index (κ2) is 6.98. The highest BCUT2D eigenvalue weighted by Gasteiger charge is 2.33. The lowest BCUT2D eigenvalue weighted by molar-refractivity contribution is -0.134. The first-order valence-electron chi connectivity index (χ1n) is 7.96. The van der Waals surface area contributed by atoms with Gasteiger partial charge in [0.2, 0.25) is 5.91 Å². The van der Waals surface area contributed by atoms with Gasteiger partial charge in [-0.15, -0.1) is 0 Å². The molecule has 0 aromatic heterocycles. The number of carbonyl (C=O) groups excluding carboxylic acids is 1. The summed E-state index contributed by atoms with van der Waals surface area (Å²) in [5.74, 6) is 1.45. The Kier molecular flexibility index (Phi) is 4.78. The zero-order valence-corrected chi connectivity index (χ0v) is 13.9. The molecule has 1 fully saturated rings. The van der Waals surface area contributed by atoms with Gasteiger partial charge in [-0.05, 0) is 41.6 Å². The fraction of sp³-hybridized carbons (Fsp3) is 0.562. The van der Waals surface area contributed by atoms with Crippen LogP contribution in [0.5, 0.6) is 11.5 Å². The molecule has 1 saturated heterocycles. The number of amides is 1. The van der Waals surface area contributed by atoms with Crippen LogP contribution >= 0.6 is 0 Å². The lowest BCUT2D eigenvalue weighted by atomic mass is 9.98. The summed E-state index contributed by atoms with van der Waals surface area (Å²) < 4.78 is 10.7. The summed E-state index contributed by atoms with van der Waals surface area (Å²) in [4.78, 5) is 17.4. The van der Waals surface area contributed by atoms with Crippen LogP contribution in [-0.2, 0) is 17.8 Å². The third-order valence-electron chi connectivity index (χ3n) is 4.65. The molecular weight excluding hydrogens is 310 g/mol. The Morgan fingerprint density at radius 2 is 2.04 bits per heavy atom. The zero-order chi connectivity index (χ0) is 17.1. The zero-order valence-electron chi connectivity index (χ0n) is 13.9. The molecule has 0 spiro atoms. The fourth-order valence-electron chi connectivity index (χ4n) is 3.36. The number of carbonyl (C=O) groups is 1. The monoisotopic (exact) mass is 331 g/mol. The van der Waals surface area contributed by atoms with Gasteiger partial charge >= 0.3 is 0 Å². The molecule has 1 N–H and O–H groups in total. The van der Waals surface area contributed by atoms with Crippen LogP contribution in [0.15, 0.2) is 17.2 Å². The highest BCUT2D eigenvalue weighted by Crippen LogP contribution is 2.33. The molecule has 2 aliphatic rings. The summed E-state index contributed by atoms with van der Waals surface area (Å²) in [5, 5.41) is 6.85. The van der Waals surface area contributed by atoms with E-state index in [0.717, 1.165) is 12.0 Å². The summed E-state index contributed by atoms with van der Waals surface area (Å²) in [7, 11) is 3.23. The van der Waals surface area contributed by atoms with Crippen LogP contribution in [0.25, 0.3) is 10.4 Å². The van der Waals surface area contributed by atoms with Crippen molar-refractivity contribution in [2.45, 2.75) is 31.5 Å². The van der Waals surface area contributed by atoms with E-state index in [1.54, 1.807) is 14.2 Å². The third kappa shape index (κ3) is 3.11. The minimum atomic E-state index is -0.276. The summed E-state index contributed by atoms with van der Waals surface area (Å²) in [5.41, 5.74) is 10.8. The highest BCUT2D eigenvalue weighted by molar-refractivity contribution is 5.82. The van der Waals surface area contributed by atoms with Crippen LogP contribution in [0.2, 0.25) is 0 Å². The van der Waals surface area contributed by atoms with Gasteiger partial charge in [-0.2, -0.15) is 0 Å². The van der Waals surface area contributed by atoms with Crippen molar-refractivity contribution in [1.29, 1.82) is 0 Å². The molecule has 0 aliphatic carbocycles. The summed E-state index contributed by atoms with van der Waals surface area (Å²) in [6.45, 7) is 1.78. The molecule has 1 aromatic carbocycles. The van der Waals surface area contributed by atoms with Crippen LogP contribution in [0.4, 0.5) is 0 Å². The van der Waals surface area contributed by atoms with Gasteiger partial charge in [0, 0.05) is 24.5 Å². The topological polar surface area (TPSA) is 99.6 Å². The van der Waals surface area contributed by atoms with Gasteiger partial charge in [-0.1, -0.05) is 5.11 Å². The molecule has 0 radical (unpaired) electrons. The number of hydrogen-bond acceptors (Lipinski definition) is 5. The number of azide groups is 1. The second-order valence-corrected chi connectivity index (χ2v) is 6.04. The van der Waals surface area contributed by atoms with Crippen molar-refractivity contribution in [3.63, 3.8) is 0 Å². The van der Waals surface area contributed by atoms with Gasteiger partial charge in [0.25, 0.3) is 0 Å². The molecule has 24 heavy (non-hydrogen) atoms. The Hall–Kier alpha value is -2.44. The first-order chi connectivity index (χ1) is 11.7. The summed E-state index contributed by atoms with van der Waals surface area (Å²) >= 11 is 0. The summed E-state index contributed by atoms with van der Waals surface area (Å²) in [6.07, 6.45) is 1.34. The van der Waals surface area contributed by atoms with Crippen molar-refractivity contribution in [3.8, 4) is 11.5 Å². The number of nitrogens with one attached hydrogen (secondary N) is 1. The van der Waals surface area contributed by atoms with E-state index < -0.39 is 0 Å². The van der Waals surface area contributed by atoms with E-state index in [1.165, 1.54) is 5.56 Å². The maximum absolute atomic E-state index is 12.7. The van der Waals surface area contributed by atoms with Gasteiger partial charge in [-0.25, -0.2) is 0 Å². The largest absolute Gasteiger partial charge is 0.493 e. The number of methoxy groups -OCH3 is 2. The number of hydrogen-bond donors (Lipinski definition) is 1. The third-order valence-corrected chi connectivity index (χ3v) is 4.65. The fourth-order valence-corrected chi connectivity index (χ4v) is 3.36. The number of ether oxygens (including phenoxy) is 2. The van der Waals surface area contributed by atoms with Gasteiger partial charge in [-0.3, -0.25) is 4.79 Å². The number of fused-ring (bicyclic) bond motifs is 1. The van der Waals surface area contributed by atoms with E-state index in [9.17, 15) is 4.79 Å². The second-order valence-electron chi connectivity index (χ2n) is 6.04. The predicted molar refractivity (Wildman–Crippen MR) is 88.0 cm³/mol. The first-order valence-corrected chi connectivity index (χ1v) is 7.96. The average Bonchev–Trinajstić information content (AvgIpc) is 3.08. The molecule has 1 amide bonds. The molecule has 1 aromatic rings. The molecule has 2 aliphatic heterocycles. The van der Waals surface area contributed by atoms with E-state index in [-0.39, 0.29) is 18.0 Å². The minimum Gasteiger partial charge on any atom is -0.493 e. The van der Waals surface area contributed by atoms with Crippen molar-refractivity contribution in [3.05, 3.63) is 33.7 Å². The quantitative estimate of drug-likeness (QED) is 0.515. The lowest BCUT2D eigenvalue weighted by Gasteiger charge is -2.31. The SMILES string of the molecule is COc1cc2c(cc1OC)CN(C(=O)[C@@H]1C[C@@H](N=[N+]=[N-])CN1)CC2. The van der Waals surface area contributed by atoms with Crippen molar-refractivity contribution in [2.75, 3.05) is 27.3 Å². The van der Waals surface area contributed by atoms with Crippen LogP contribution in [0, 0.1) is 0 Å². The number of rotatable bonds is 4. The molecule has 2 atom stereocenters. The first kappa shape index (κ1) is 16.4. The Labute approximate surface area is 140 Å². The molecule has 8 nitrogen and oxygen atoms in total. The Morgan fingerprint density at radius 3 is 2.71 bits per heavy atom. The van der Waals surface area contributed by atoms with E-state index in [0.29, 0.717) is 37.6 Å². The number of nitrogens with zero attached hydrogens (tertiary/aromatic N) is 4. The van der Waals surface area contributed by atoms with Crippen LogP contribution < -0.4 is 14.8 Å². The summed E-state index contributed by atoms with van der Waals surface area (Å²) in [6, 6.07) is 3.51. The predicted octanol–water partition coefficient (Wildman–Crippen LogP) is 1.63. The van der Waals surface area contributed by atoms with Crippen LogP contribution in [0.1, 0.15) is 17.5 Å². The van der Waals surface area contributed by atoms with Crippen molar-refractivity contribution < 1.29 is 14.3 Å². The lowest BCUT2D eigenvalue weighted by Crippen LogP contribution is -2.45. The molecule has 128 valence electrons. The normalized spacial score (nSPS) is 22.5. The maximum atomic E-state index is 12.7. The molecule has 3 rings (SSSR count). The Bertz CT molecular complexity index is 687. The molecule has 2 heterocycles. The molecule has 0 unspecified atom stereocenters. The van der Waals surface area contributed by atoms with E-state index >= 15 is 0 Å². The molecular formula is C16H21N5O3. The molecule has 0 bridgehead atoms. The number of benzene rings is 1. The standard InChI is InChI=1S/C16H21N5O3/c1-23-14-5-10-3-4-21(9-11(10)6-15(14)24-2)16(22)13-7-12(8-18-13)19-20-17/h5-6,12-13,18H,3-4,7-9H2,1-2H3/t12-,13+/m1/s1. The van der Waals surface area contributed by atoms with Gasteiger partial charge in [0.1, 0.15) is 0 Å². The minimum absolute atomic E-state index is 0.0612. The Morgan fingerprint density at radius 1 is 1.33 bits per heavy atom. The maximum Gasteiger partial charge on any atom is 0.240 e. The van der Waals surface area contributed by atoms with Crippen molar-refractivity contribution in [2.24, 2.45) is 5.11 Å². The van der Waals surface area contributed by atoms with Crippen LogP contribution in [0.3, 0.4) is 0 Å². The Balaban J connectivity index is 1.73. The van der Waals surface area contributed by atoms with E-state index in [4.69, 9.17) is 15.0 Å². The van der Waals surface area contributed by atoms with E-state index in [2.05, 4.69) is 15.3 Å².